The van der Waals surface area contributed by atoms with E-state index in [1.807, 2.05) is 0 Å². The fourth-order valence-corrected chi connectivity index (χ4v) is 1.35. The number of rotatable bonds is 6. The molecule has 6 heteroatoms. The van der Waals surface area contributed by atoms with E-state index in [1.165, 1.54) is 6.07 Å². The van der Waals surface area contributed by atoms with E-state index in [-0.39, 0.29) is 12.2 Å². The minimum atomic E-state index is -1.15. The van der Waals surface area contributed by atoms with Crippen molar-refractivity contribution in [2.75, 3.05) is 18.9 Å². The minimum Gasteiger partial charge on any atom is -0.480 e. The summed E-state index contributed by atoms with van der Waals surface area (Å²) in [7, 11) is 0. The number of para-hydroxylation sites is 1. The Bertz CT molecular complexity index is 434. The van der Waals surface area contributed by atoms with E-state index in [9.17, 15) is 9.59 Å². The van der Waals surface area contributed by atoms with Crippen molar-refractivity contribution in [1.29, 1.82) is 0 Å². The Kier molecular flexibility index (Phi) is 5.13. The lowest BCUT2D eigenvalue weighted by molar-refractivity contribution is -0.140. The predicted octanol–water partition coefficient (Wildman–Crippen LogP) is 0.488. The van der Waals surface area contributed by atoms with Gasteiger partial charge in [-0.3, -0.25) is 4.79 Å². The summed E-state index contributed by atoms with van der Waals surface area (Å²) in [4.78, 5) is 22.8. The van der Waals surface area contributed by atoms with Crippen LogP contribution in [0.25, 0.3) is 0 Å². The van der Waals surface area contributed by atoms with Crippen molar-refractivity contribution in [3.63, 3.8) is 0 Å². The van der Waals surface area contributed by atoms with Crippen LogP contribution in [-0.4, -0.2) is 36.2 Å². The van der Waals surface area contributed by atoms with Gasteiger partial charge in [-0.1, -0.05) is 12.1 Å². The second kappa shape index (κ2) is 6.61. The summed E-state index contributed by atoms with van der Waals surface area (Å²) in [6, 6.07) is 5.37. The largest absolute Gasteiger partial charge is 0.480 e. The number of nitrogen functional groups attached to an aromatic ring is 1. The van der Waals surface area contributed by atoms with E-state index in [0.717, 1.165) is 0 Å². The third-order valence-electron chi connectivity index (χ3n) is 2.30. The molecular formula is C12H16N2O4. The Morgan fingerprint density at radius 2 is 2.11 bits per heavy atom. The number of carbonyl (C=O) groups excluding carboxylic acids is 1. The van der Waals surface area contributed by atoms with Gasteiger partial charge in [-0.05, 0) is 19.1 Å². The number of anilines is 1. The molecule has 0 aliphatic heterocycles. The van der Waals surface area contributed by atoms with E-state index in [0.29, 0.717) is 12.3 Å². The predicted molar refractivity (Wildman–Crippen MR) is 66.2 cm³/mol. The number of hydrogen-bond donors (Lipinski definition) is 3. The van der Waals surface area contributed by atoms with Crippen molar-refractivity contribution in [1.82, 2.24) is 5.32 Å². The van der Waals surface area contributed by atoms with Crippen molar-refractivity contribution in [2.24, 2.45) is 0 Å². The van der Waals surface area contributed by atoms with Crippen LogP contribution in [0.4, 0.5) is 5.69 Å². The van der Waals surface area contributed by atoms with E-state index in [4.69, 9.17) is 15.6 Å². The first kappa shape index (κ1) is 14.0. The van der Waals surface area contributed by atoms with Crippen molar-refractivity contribution >= 4 is 17.6 Å². The van der Waals surface area contributed by atoms with Crippen LogP contribution in [0, 0.1) is 0 Å². The second-order valence-electron chi connectivity index (χ2n) is 3.61. The quantitative estimate of drug-likeness (QED) is 0.639. The fourth-order valence-electron chi connectivity index (χ4n) is 1.35. The molecular weight excluding hydrogens is 236 g/mol. The lowest BCUT2D eigenvalue weighted by Crippen LogP contribution is -2.44. The molecule has 0 unspecified atom stereocenters. The monoisotopic (exact) mass is 252 g/mol. The van der Waals surface area contributed by atoms with Crippen LogP contribution in [0.1, 0.15) is 17.3 Å². The molecule has 98 valence electrons. The molecule has 0 aromatic heterocycles. The number of ether oxygens (including phenoxy) is 1. The van der Waals surface area contributed by atoms with Gasteiger partial charge in [0.25, 0.3) is 5.91 Å². The molecule has 0 aliphatic carbocycles. The lowest BCUT2D eigenvalue weighted by Gasteiger charge is -2.14. The Morgan fingerprint density at radius 3 is 2.67 bits per heavy atom. The van der Waals surface area contributed by atoms with Gasteiger partial charge in [0.05, 0.1) is 12.2 Å². The number of nitrogens with one attached hydrogen (secondary N) is 1. The molecule has 0 spiro atoms. The molecule has 0 radical (unpaired) electrons. The zero-order valence-electron chi connectivity index (χ0n) is 10.1. The van der Waals surface area contributed by atoms with Crippen LogP contribution in [0.3, 0.4) is 0 Å². The van der Waals surface area contributed by atoms with E-state index < -0.39 is 17.9 Å². The van der Waals surface area contributed by atoms with Gasteiger partial charge >= 0.3 is 5.97 Å². The number of nitrogens with two attached hydrogens (primary N) is 1. The molecule has 0 fully saturated rings. The Hall–Kier alpha value is -2.08. The second-order valence-corrected chi connectivity index (χ2v) is 3.61. The lowest BCUT2D eigenvalue weighted by atomic mass is 10.1. The van der Waals surface area contributed by atoms with Crippen LogP contribution in [-0.2, 0) is 9.53 Å². The minimum absolute atomic E-state index is 0.0791. The molecule has 1 aromatic carbocycles. The maximum Gasteiger partial charge on any atom is 0.328 e. The van der Waals surface area contributed by atoms with Crippen LogP contribution in [0.5, 0.6) is 0 Å². The molecule has 0 saturated carbocycles. The third-order valence-corrected chi connectivity index (χ3v) is 2.30. The van der Waals surface area contributed by atoms with Crippen LogP contribution in [0.2, 0.25) is 0 Å². The highest BCUT2D eigenvalue weighted by Crippen LogP contribution is 2.10. The molecule has 0 saturated heterocycles. The highest BCUT2D eigenvalue weighted by molar-refractivity contribution is 6.00. The van der Waals surface area contributed by atoms with Gasteiger partial charge in [0.15, 0.2) is 6.04 Å². The van der Waals surface area contributed by atoms with Gasteiger partial charge in [0.2, 0.25) is 0 Å². The van der Waals surface area contributed by atoms with Gasteiger partial charge in [-0.25, -0.2) is 4.79 Å². The Balaban J connectivity index is 2.72. The number of carboxylic acid groups (broad SMARTS) is 1. The van der Waals surface area contributed by atoms with Gasteiger partial charge in [-0.2, -0.15) is 0 Å². The van der Waals surface area contributed by atoms with Gasteiger partial charge in [-0.15, -0.1) is 0 Å². The van der Waals surface area contributed by atoms with Gasteiger partial charge in [0, 0.05) is 12.3 Å². The summed E-state index contributed by atoms with van der Waals surface area (Å²) >= 11 is 0. The number of hydrogen-bond acceptors (Lipinski definition) is 4. The number of benzene rings is 1. The first-order valence-electron chi connectivity index (χ1n) is 5.52. The fraction of sp³-hybridized carbons (Fsp3) is 0.333. The maximum absolute atomic E-state index is 11.8. The number of carbonyl (C=O) groups is 2. The molecule has 1 amide bonds. The first-order chi connectivity index (χ1) is 8.56. The Labute approximate surface area is 105 Å². The number of carboxylic acids is 1. The van der Waals surface area contributed by atoms with E-state index >= 15 is 0 Å². The molecule has 4 N–H and O–H groups in total. The number of aliphatic carboxylic acids is 1. The number of amides is 1. The topological polar surface area (TPSA) is 102 Å². The zero-order chi connectivity index (χ0) is 13.5. The molecule has 18 heavy (non-hydrogen) atoms. The van der Waals surface area contributed by atoms with Crippen molar-refractivity contribution in [2.45, 2.75) is 13.0 Å². The van der Waals surface area contributed by atoms with Crippen molar-refractivity contribution in [3.8, 4) is 0 Å². The molecule has 1 rings (SSSR count). The Morgan fingerprint density at radius 1 is 1.44 bits per heavy atom. The van der Waals surface area contributed by atoms with E-state index in [2.05, 4.69) is 5.32 Å². The van der Waals surface area contributed by atoms with Gasteiger partial charge in [0.1, 0.15) is 0 Å². The summed E-state index contributed by atoms with van der Waals surface area (Å²) < 4.78 is 5.00. The molecule has 0 bridgehead atoms. The van der Waals surface area contributed by atoms with Crippen LogP contribution >= 0.6 is 0 Å². The van der Waals surface area contributed by atoms with Gasteiger partial charge < -0.3 is 20.9 Å². The summed E-state index contributed by atoms with van der Waals surface area (Å²) in [6.07, 6.45) is 0. The highest BCUT2D eigenvalue weighted by Gasteiger charge is 2.21. The average molecular weight is 252 g/mol. The SMILES string of the molecule is CCOC[C@H](NC(=O)c1ccccc1N)C(=O)O. The average Bonchev–Trinajstić information content (AvgIpc) is 2.34. The summed E-state index contributed by atoms with van der Waals surface area (Å²) in [6.45, 7) is 2.05. The summed E-state index contributed by atoms with van der Waals surface area (Å²) in [5, 5.41) is 11.3. The molecule has 0 aliphatic rings. The molecule has 1 aromatic rings. The molecule has 1 atom stereocenters. The standard InChI is InChI=1S/C12H16N2O4/c1-2-18-7-10(12(16)17)14-11(15)8-5-3-4-6-9(8)13/h3-6,10H,2,7,13H2,1H3,(H,14,15)(H,16,17)/t10-/m0/s1. The molecule has 0 heterocycles. The van der Waals surface area contributed by atoms with Crippen LogP contribution < -0.4 is 11.1 Å². The summed E-state index contributed by atoms with van der Waals surface area (Å²) in [5.41, 5.74) is 6.19. The maximum atomic E-state index is 11.8. The first-order valence-corrected chi connectivity index (χ1v) is 5.52. The zero-order valence-corrected chi connectivity index (χ0v) is 10.1. The molecule has 6 nitrogen and oxygen atoms in total. The van der Waals surface area contributed by atoms with Crippen molar-refractivity contribution < 1.29 is 19.4 Å². The smallest absolute Gasteiger partial charge is 0.328 e. The highest BCUT2D eigenvalue weighted by atomic mass is 16.5. The van der Waals surface area contributed by atoms with E-state index in [1.54, 1.807) is 25.1 Å². The van der Waals surface area contributed by atoms with Crippen LogP contribution in [0.15, 0.2) is 24.3 Å². The normalized spacial score (nSPS) is 11.8. The third kappa shape index (κ3) is 3.74. The van der Waals surface area contributed by atoms with Crippen molar-refractivity contribution in [3.05, 3.63) is 29.8 Å². The summed E-state index contributed by atoms with van der Waals surface area (Å²) in [5.74, 6) is -1.67.